The highest BCUT2D eigenvalue weighted by atomic mass is 16.5. The zero-order chi connectivity index (χ0) is 42.8. The maximum absolute atomic E-state index is 6.23. The fourth-order valence-corrected chi connectivity index (χ4v) is 8.11. The second-order valence-corrected chi connectivity index (χ2v) is 17.8. The third-order valence-electron chi connectivity index (χ3n) is 11.5. The van der Waals surface area contributed by atoms with Crippen LogP contribution in [0.5, 0.6) is 11.5 Å². The predicted octanol–water partition coefficient (Wildman–Crippen LogP) is 8.02. The van der Waals surface area contributed by atoms with Gasteiger partial charge in [0.2, 0.25) is 0 Å². The van der Waals surface area contributed by atoms with Crippen molar-refractivity contribution in [1.82, 2.24) is 29.7 Å². The normalized spacial score (nSPS) is 13.1. The number of aromatic nitrogens is 4. The fraction of sp³-hybridized carbons (Fsp3) is 0.373. The molecule has 10 nitrogen and oxygen atoms in total. The zero-order valence-corrected chi connectivity index (χ0v) is 37.4. The molecule has 0 saturated carbocycles. The molecule has 5 aromatic rings. The minimum atomic E-state index is 0.695. The first-order chi connectivity index (χ1) is 29.5. The molecule has 0 spiro atoms. The molecule has 2 aliphatic rings. The van der Waals surface area contributed by atoms with Crippen LogP contribution >= 0.6 is 0 Å². The lowest BCUT2D eigenvalue weighted by atomic mass is 10.0. The van der Waals surface area contributed by atoms with Crippen molar-refractivity contribution in [2.45, 2.75) is 25.7 Å². The summed E-state index contributed by atoms with van der Waals surface area (Å²) in [7, 11) is 15.4. The van der Waals surface area contributed by atoms with Gasteiger partial charge in [0.15, 0.2) is 0 Å². The predicted molar refractivity (Wildman–Crippen MR) is 255 cm³/mol. The summed E-state index contributed by atoms with van der Waals surface area (Å²) in [6.45, 7) is 8.18. The monoisotopic (exact) mass is 823 g/mol. The fourth-order valence-electron chi connectivity index (χ4n) is 8.11. The first-order valence-corrected chi connectivity index (χ1v) is 22.0. The highest BCUT2D eigenvalue weighted by Crippen LogP contribution is 2.33. The molecule has 1 atom stereocenters. The molecule has 7 rings (SSSR count). The van der Waals surface area contributed by atoms with Crippen molar-refractivity contribution >= 4 is 46.4 Å². The van der Waals surface area contributed by atoms with Gasteiger partial charge in [-0.1, -0.05) is 24.3 Å². The molecule has 3 aromatic heterocycles. The Hall–Kier alpha value is -5.52. The van der Waals surface area contributed by atoms with E-state index in [1.54, 1.807) is 4.90 Å². The van der Waals surface area contributed by atoms with Crippen molar-refractivity contribution in [3.8, 4) is 33.8 Å². The Kier molecular flexibility index (Phi) is 14.5. The first-order valence-electron chi connectivity index (χ1n) is 22.0. The van der Waals surface area contributed by atoms with Gasteiger partial charge in [0, 0.05) is 72.0 Å². The van der Waals surface area contributed by atoms with E-state index >= 15 is 0 Å². The number of fused-ring (bicyclic) bond motifs is 8. The van der Waals surface area contributed by atoms with Crippen LogP contribution in [0, 0.1) is 0 Å². The molecule has 5 heterocycles. The van der Waals surface area contributed by atoms with Crippen LogP contribution in [0.4, 0.5) is 0 Å². The average molecular weight is 823 g/mol. The number of benzene rings is 2. The summed E-state index contributed by atoms with van der Waals surface area (Å²) >= 11 is 0. The lowest BCUT2D eigenvalue weighted by molar-refractivity contribution is -0.890. The second-order valence-electron chi connectivity index (χ2n) is 17.8. The Morgan fingerprint density at radius 3 is 1.52 bits per heavy atom. The van der Waals surface area contributed by atoms with Gasteiger partial charge in [-0.15, -0.1) is 0 Å². The number of H-pyrrole nitrogens is 2. The molecule has 2 aliphatic heterocycles. The number of nitrogens with zero attached hydrogens (tertiary/aromatic N) is 5. The van der Waals surface area contributed by atoms with Gasteiger partial charge >= 0.3 is 0 Å². The topological polar surface area (TPSA) is 86.7 Å². The van der Waals surface area contributed by atoms with Gasteiger partial charge in [-0.05, 0) is 124 Å². The molecule has 0 radical (unpaired) electrons. The van der Waals surface area contributed by atoms with Gasteiger partial charge in [0.1, 0.15) is 11.5 Å². The van der Waals surface area contributed by atoms with Crippen LogP contribution in [-0.4, -0.2) is 136 Å². The molecule has 3 N–H and O–H groups in total. The SMILES string of the molecule is CN(C)CCC[NH+](C)CCCOc1ccc(-c2c3nc(cc4ccc([nH]4)c(-c4ccc(OCCC[N+](C)(C)CCCN(C)C)cc4)c4nc(cc5ccc2[nH]5)C=C4)C=C3)cc1. The Bertz CT molecular complexity index is 2440. The van der Waals surface area contributed by atoms with E-state index < -0.39 is 0 Å². The van der Waals surface area contributed by atoms with Crippen LogP contribution in [0.2, 0.25) is 0 Å². The molecular formula is C51H66N8O2+2. The number of hydrogen-bond acceptors (Lipinski definition) is 6. The first kappa shape index (κ1) is 43.6. The molecule has 1 unspecified atom stereocenters. The summed E-state index contributed by atoms with van der Waals surface area (Å²) in [5.74, 6) is 1.76. The number of aromatic amines is 2. The van der Waals surface area contributed by atoms with Gasteiger partial charge in [-0.25, -0.2) is 9.97 Å². The number of rotatable bonds is 20. The van der Waals surface area contributed by atoms with E-state index in [2.05, 4.69) is 178 Å². The molecule has 320 valence electrons. The maximum Gasteiger partial charge on any atom is 0.119 e. The van der Waals surface area contributed by atoms with E-state index in [-0.39, 0.29) is 0 Å². The van der Waals surface area contributed by atoms with Gasteiger partial charge in [0.05, 0.1) is 83.3 Å². The van der Waals surface area contributed by atoms with Crippen LogP contribution in [0.15, 0.2) is 84.9 Å². The van der Waals surface area contributed by atoms with Crippen LogP contribution in [0.3, 0.4) is 0 Å². The highest BCUT2D eigenvalue weighted by molar-refractivity contribution is 5.93. The standard InChI is InChI=1S/C51H65N8O2/c1-56(2)28-8-30-58(5)31-10-34-60-44-20-12-38(13-21-44)50-46-24-16-40(52-46)36-42-18-26-48(54-42)51(49-27-19-43(55-49)37-41-17-25-47(50)53-41)39-14-22-45(23-15-39)61-35-11-33-59(6,7)32-9-29-57(3)4/h12-27,36-37,52,55H,8-11,28-35H2,1-7H3/q+1/p+1. The van der Waals surface area contributed by atoms with Gasteiger partial charge in [-0.2, -0.15) is 0 Å². The van der Waals surface area contributed by atoms with Crippen molar-refractivity contribution < 1.29 is 18.9 Å². The van der Waals surface area contributed by atoms with E-state index in [0.29, 0.717) is 13.2 Å². The Morgan fingerprint density at radius 2 is 1.02 bits per heavy atom. The quantitative estimate of drug-likeness (QED) is 0.0534. The molecule has 0 saturated heterocycles. The van der Waals surface area contributed by atoms with Crippen LogP contribution in [0.1, 0.15) is 48.5 Å². The molecular weight excluding hydrogens is 757 g/mol. The molecule has 10 heteroatoms. The van der Waals surface area contributed by atoms with Crippen molar-refractivity contribution in [3.05, 3.63) is 108 Å². The number of ether oxygens (including phenoxy) is 2. The molecule has 61 heavy (non-hydrogen) atoms. The van der Waals surface area contributed by atoms with Gasteiger partial charge in [0.25, 0.3) is 0 Å². The van der Waals surface area contributed by atoms with Gasteiger partial charge < -0.3 is 38.6 Å². The largest absolute Gasteiger partial charge is 0.493 e. The number of quaternary nitrogens is 2. The molecule has 0 amide bonds. The Balaban J connectivity index is 1.11. The summed E-state index contributed by atoms with van der Waals surface area (Å²) in [5, 5.41) is 0. The van der Waals surface area contributed by atoms with Crippen LogP contribution < -0.4 is 14.4 Å². The van der Waals surface area contributed by atoms with E-state index in [1.807, 2.05) is 0 Å². The summed E-state index contributed by atoms with van der Waals surface area (Å²) in [6, 6.07) is 29.5. The van der Waals surface area contributed by atoms with E-state index in [0.717, 1.165) is 129 Å². The number of nitrogens with one attached hydrogen (secondary N) is 3. The maximum atomic E-state index is 6.23. The molecule has 8 bridgehead atoms. The van der Waals surface area contributed by atoms with Crippen molar-refractivity contribution in [2.75, 3.05) is 102 Å². The molecule has 0 aliphatic carbocycles. The van der Waals surface area contributed by atoms with Gasteiger partial charge in [-0.3, -0.25) is 0 Å². The number of hydrogen-bond donors (Lipinski definition) is 3. The second kappa shape index (κ2) is 20.4. The summed E-state index contributed by atoms with van der Waals surface area (Å²) in [6.07, 6.45) is 12.8. The van der Waals surface area contributed by atoms with E-state index in [1.165, 1.54) is 19.4 Å². The minimum Gasteiger partial charge on any atom is -0.493 e. The lowest BCUT2D eigenvalue weighted by Gasteiger charge is -2.30. The third-order valence-corrected chi connectivity index (χ3v) is 11.5. The highest BCUT2D eigenvalue weighted by Gasteiger charge is 2.16. The molecule has 0 fully saturated rings. The van der Waals surface area contributed by atoms with Crippen molar-refractivity contribution in [2.24, 2.45) is 0 Å². The summed E-state index contributed by atoms with van der Waals surface area (Å²) < 4.78 is 13.4. The van der Waals surface area contributed by atoms with E-state index in [9.17, 15) is 0 Å². The third kappa shape index (κ3) is 12.3. The average Bonchev–Trinajstić information content (AvgIpc) is 4.07. The Morgan fingerprint density at radius 1 is 0.557 bits per heavy atom. The summed E-state index contributed by atoms with van der Waals surface area (Å²) in [5.41, 5.74) is 11.7. The smallest absolute Gasteiger partial charge is 0.119 e. The zero-order valence-electron chi connectivity index (χ0n) is 37.4. The van der Waals surface area contributed by atoms with E-state index in [4.69, 9.17) is 19.4 Å². The summed E-state index contributed by atoms with van der Waals surface area (Å²) in [4.78, 5) is 23.7. The minimum absolute atomic E-state index is 0.695. The van der Waals surface area contributed by atoms with Crippen molar-refractivity contribution in [3.63, 3.8) is 0 Å². The van der Waals surface area contributed by atoms with Crippen LogP contribution in [-0.2, 0) is 0 Å². The van der Waals surface area contributed by atoms with Crippen LogP contribution in [0.25, 0.3) is 68.6 Å². The lowest BCUT2D eigenvalue weighted by Crippen LogP contribution is -3.09. The van der Waals surface area contributed by atoms with Crippen molar-refractivity contribution in [1.29, 1.82) is 0 Å². The molecule has 2 aromatic carbocycles. The Labute approximate surface area is 362 Å².